The lowest BCUT2D eigenvalue weighted by Crippen LogP contribution is -2.29. The van der Waals surface area contributed by atoms with Gasteiger partial charge < -0.3 is 19.9 Å². The van der Waals surface area contributed by atoms with Crippen molar-refractivity contribution in [2.24, 2.45) is 0 Å². The van der Waals surface area contributed by atoms with Gasteiger partial charge in [0, 0.05) is 13.0 Å². The minimum absolute atomic E-state index is 0.0683. The van der Waals surface area contributed by atoms with Crippen LogP contribution in [0, 0.1) is 0 Å². The van der Waals surface area contributed by atoms with Gasteiger partial charge in [0.15, 0.2) is 5.69 Å². The second-order valence-electron chi connectivity index (χ2n) is 4.98. The average molecular weight is 298 g/mol. The SMILES string of the molecule is COCCOCCn1nnc(C(=O)O)c1C1CCNCC1. The van der Waals surface area contributed by atoms with E-state index in [-0.39, 0.29) is 11.6 Å². The number of nitrogens with one attached hydrogen (secondary N) is 1. The van der Waals surface area contributed by atoms with Crippen LogP contribution >= 0.6 is 0 Å². The quantitative estimate of drug-likeness (QED) is 0.657. The first-order chi connectivity index (χ1) is 10.2. The Bertz CT molecular complexity index is 457. The summed E-state index contributed by atoms with van der Waals surface area (Å²) >= 11 is 0. The van der Waals surface area contributed by atoms with Gasteiger partial charge in [0.2, 0.25) is 0 Å². The number of carboxylic acids is 1. The molecule has 2 rings (SSSR count). The monoisotopic (exact) mass is 298 g/mol. The van der Waals surface area contributed by atoms with E-state index in [0.29, 0.717) is 26.4 Å². The zero-order valence-corrected chi connectivity index (χ0v) is 12.2. The maximum Gasteiger partial charge on any atom is 0.358 e. The van der Waals surface area contributed by atoms with E-state index in [4.69, 9.17) is 9.47 Å². The number of methoxy groups -OCH3 is 1. The highest BCUT2D eigenvalue weighted by atomic mass is 16.5. The summed E-state index contributed by atoms with van der Waals surface area (Å²) in [6.45, 7) is 3.80. The number of hydrogen-bond donors (Lipinski definition) is 2. The van der Waals surface area contributed by atoms with Crippen molar-refractivity contribution in [2.75, 3.05) is 40.0 Å². The standard InChI is InChI=1S/C13H22N4O4/c1-20-8-9-21-7-6-17-12(10-2-4-14-5-3-10)11(13(18)19)15-16-17/h10,14H,2-9H2,1H3,(H,18,19). The number of carbonyl (C=O) groups is 1. The number of rotatable bonds is 8. The number of aromatic carboxylic acids is 1. The van der Waals surface area contributed by atoms with Crippen LogP contribution in [0.15, 0.2) is 0 Å². The number of piperidine rings is 1. The zero-order chi connectivity index (χ0) is 15.1. The highest BCUT2D eigenvalue weighted by Crippen LogP contribution is 2.27. The van der Waals surface area contributed by atoms with Crippen LogP contribution < -0.4 is 5.32 Å². The second kappa shape index (κ2) is 8.06. The van der Waals surface area contributed by atoms with Crippen LogP contribution in [0.4, 0.5) is 0 Å². The smallest absolute Gasteiger partial charge is 0.358 e. The Balaban J connectivity index is 2.03. The fourth-order valence-corrected chi connectivity index (χ4v) is 2.53. The molecule has 1 fully saturated rings. The van der Waals surface area contributed by atoms with Gasteiger partial charge in [-0.3, -0.25) is 0 Å². The van der Waals surface area contributed by atoms with Crippen LogP contribution in [-0.2, 0) is 16.0 Å². The highest BCUT2D eigenvalue weighted by Gasteiger charge is 2.27. The van der Waals surface area contributed by atoms with Crippen molar-refractivity contribution in [3.05, 3.63) is 11.4 Å². The van der Waals surface area contributed by atoms with E-state index in [2.05, 4.69) is 15.6 Å². The Kier molecular flexibility index (Phi) is 6.09. The van der Waals surface area contributed by atoms with Crippen LogP contribution in [-0.4, -0.2) is 66.1 Å². The Morgan fingerprint density at radius 2 is 2.14 bits per heavy atom. The largest absolute Gasteiger partial charge is 0.476 e. The molecular formula is C13H22N4O4. The Morgan fingerprint density at radius 3 is 2.81 bits per heavy atom. The van der Waals surface area contributed by atoms with E-state index in [0.717, 1.165) is 31.6 Å². The molecule has 0 saturated carbocycles. The predicted molar refractivity (Wildman–Crippen MR) is 74.5 cm³/mol. The number of aromatic nitrogens is 3. The zero-order valence-electron chi connectivity index (χ0n) is 12.2. The maximum absolute atomic E-state index is 11.3. The molecule has 21 heavy (non-hydrogen) atoms. The normalized spacial score (nSPS) is 16.2. The molecule has 2 N–H and O–H groups in total. The first-order valence-electron chi connectivity index (χ1n) is 7.18. The van der Waals surface area contributed by atoms with Gasteiger partial charge in [-0.25, -0.2) is 9.48 Å². The lowest BCUT2D eigenvalue weighted by molar-refractivity contribution is 0.0645. The third-order valence-electron chi connectivity index (χ3n) is 3.58. The van der Waals surface area contributed by atoms with Crippen LogP contribution in [0.25, 0.3) is 0 Å². The van der Waals surface area contributed by atoms with Crippen molar-refractivity contribution in [3.8, 4) is 0 Å². The molecule has 1 aromatic heterocycles. The predicted octanol–water partition coefficient (Wildman–Crippen LogP) is 0.106. The van der Waals surface area contributed by atoms with Crippen molar-refractivity contribution >= 4 is 5.97 Å². The van der Waals surface area contributed by atoms with Gasteiger partial charge in [0.25, 0.3) is 0 Å². The molecule has 0 radical (unpaired) electrons. The van der Waals surface area contributed by atoms with Gasteiger partial charge in [-0.2, -0.15) is 0 Å². The molecule has 0 amide bonds. The van der Waals surface area contributed by atoms with E-state index in [9.17, 15) is 9.90 Å². The molecule has 0 spiro atoms. The molecule has 8 heteroatoms. The van der Waals surface area contributed by atoms with Gasteiger partial charge in [-0.15, -0.1) is 5.10 Å². The molecular weight excluding hydrogens is 276 g/mol. The third-order valence-corrected chi connectivity index (χ3v) is 3.58. The van der Waals surface area contributed by atoms with Crippen molar-refractivity contribution < 1.29 is 19.4 Å². The Labute approximate surface area is 123 Å². The number of ether oxygens (including phenoxy) is 2. The van der Waals surface area contributed by atoms with E-state index >= 15 is 0 Å². The molecule has 0 atom stereocenters. The first kappa shape index (κ1) is 15.9. The molecule has 1 aromatic rings. The fourth-order valence-electron chi connectivity index (χ4n) is 2.53. The van der Waals surface area contributed by atoms with Gasteiger partial charge in [0.1, 0.15) is 0 Å². The third kappa shape index (κ3) is 4.23. The number of hydrogen-bond acceptors (Lipinski definition) is 6. The lowest BCUT2D eigenvalue weighted by Gasteiger charge is -2.23. The van der Waals surface area contributed by atoms with Crippen LogP contribution in [0.5, 0.6) is 0 Å². The van der Waals surface area contributed by atoms with Gasteiger partial charge >= 0.3 is 5.97 Å². The highest BCUT2D eigenvalue weighted by molar-refractivity contribution is 5.86. The average Bonchev–Trinajstić information content (AvgIpc) is 2.92. The molecule has 0 unspecified atom stereocenters. The Morgan fingerprint density at radius 1 is 1.38 bits per heavy atom. The van der Waals surface area contributed by atoms with E-state index in [1.54, 1.807) is 11.8 Å². The molecule has 0 aromatic carbocycles. The Hall–Kier alpha value is -1.51. The first-order valence-corrected chi connectivity index (χ1v) is 7.18. The van der Waals surface area contributed by atoms with Crippen LogP contribution in [0.3, 0.4) is 0 Å². The summed E-state index contributed by atoms with van der Waals surface area (Å²) in [4.78, 5) is 11.3. The molecule has 118 valence electrons. The van der Waals surface area contributed by atoms with Crippen LogP contribution in [0.1, 0.15) is 34.9 Å². The summed E-state index contributed by atoms with van der Waals surface area (Å²) < 4.78 is 12.0. The van der Waals surface area contributed by atoms with Gasteiger partial charge in [-0.1, -0.05) is 5.21 Å². The maximum atomic E-state index is 11.3. The molecule has 1 saturated heterocycles. The molecule has 2 heterocycles. The molecule has 1 aliphatic rings. The van der Waals surface area contributed by atoms with E-state index in [1.807, 2.05) is 0 Å². The summed E-state index contributed by atoms with van der Waals surface area (Å²) in [5, 5.41) is 20.4. The van der Waals surface area contributed by atoms with Crippen molar-refractivity contribution in [2.45, 2.75) is 25.3 Å². The van der Waals surface area contributed by atoms with Crippen LogP contribution in [0.2, 0.25) is 0 Å². The fraction of sp³-hybridized carbons (Fsp3) is 0.769. The minimum atomic E-state index is -1.02. The summed E-state index contributed by atoms with van der Waals surface area (Å²) in [6.07, 6.45) is 1.80. The molecule has 0 bridgehead atoms. The topological polar surface area (TPSA) is 98.5 Å². The molecule has 8 nitrogen and oxygen atoms in total. The second-order valence-corrected chi connectivity index (χ2v) is 4.98. The summed E-state index contributed by atoms with van der Waals surface area (Å²) in [6, 6.07) is 0. The lowest BCUT2D eigenvalue weighted by atomic mass is 9.93. The van der Waals surface area contributed by atoms with Crippen molar-refractivity contribution in [3.63, 3.8) is 0 Å². The molecule has 0 aliphatic carbocycles. The number of nitrogens with zero attached hydrogens (tertiary/aromatic N) is 3. The van der Waals surface area contributed by atoms with Gasteiger partial charge in [0.05, 0.1) is 32.1 Å². The summed E-state index contributed by atoms with van der Waals surface area (Å²) in [5.74, 6) is -0.832. The summed E-state index contributed by atoms with van der Waals surface area (Å²) in [7, 11) is 1.62. The van der Waals surface area contributed by atoms with E-state index < -0.39 is 5.97 Å². The molecule has 1 aliphatic heterocycles. The minimum Gasteiger partial charge on any atom is -0.476 e. The summed E-state index contributed by atoms with van der Waals surface area (Å²) in [5.41, 5.74) is 0.790. The van der Waals surface area contributed by atoms with Gasteiger partial charge in [-0.05, 0) is 25.9 Å². The number of carboxylic acid groups (broad SMARTS) is 1. The van der Waals surface area contributed by atoms with Crippen molar-refractivity contribution in [1.82, 2.24) is 20.3 Å². The van der Waals surface area contributed by atoms with Crippen molar-refractivity contribution in [1.29, 1.82) is 0 Å². The van der Waals surface area contributed by atoms with E-state index in [1.165, 1.54) is 0 Å².